The molecule has 0 amide bonds. The molecular weight excluding hydrogens is 216 g/mol. The lowest BCUT2D eigenvalue weighted by atomic mass is 10.1. The van der Waals surface area contributed by atoms with Crippen LogP contribution in [0.4, 0.5) is 0 Å². The van der Waals surface area contributed by atoms with E-state index in [1.165, 1.54) is 30.9 Å². The lowest BCUT2D eigenvalue weighted by Gasteiger charge is -2.17. The molecule has 1 aromatic heterocycles. The van der Waals surface area contributed by atoms with Gasteiger partial charge >= 0.3 is 0 Å². The van der Waals surface area contributed by atoms with Crippen LogP contribution in [0.1, 0.15) is 31.2 Å². The highest BCUT2D eigenvalue weighted by atomic mass is 32.1. The van der Waals surface area contributed by atoms with E-state index in [1.807, 2.05) is 11.3 Å². The molecule has 16 heavy (non-hydrogen) atoms. The normalized spacial score (nSPS) is 23.8. The molecule has 90 valence electrons. The first-order chi connectivity index (χ1) is 7.79. The van der Waals surface area contributed by atoms with Crippen molar-refractivity contribution in [2.45, 2.75) is 26.3 Å². The van der Waals surface area contributed by atoms with Crippen LogP contribution in [0.15, 0.2) is 17.5 Å². The highest BCUT2D eigenvalue weighted by Crippen LogP contribution is 2.20. The molecule has 2 heterocycles. The Bertz CT molecular complexity index is 297. The Labute approximate surface area is 103 Å². The summed E-state index contributed by atoms with van der Waals surface area (Å²) in [4.78, 5) is 3.99. The van der Waals surface area contributed by atoms with Crippen LogP contribution in [0.25, 0.3) is 0 Å². The van der Waals surface area contributed by atoms with Gasteiger partial charge in [0.1, 0.15) is 0 Å². The van der Waals surface area contributed by atoms with Crippen molar-refractivity contribution in [1.29, 1.82) is 0 Å². The molecule has 2 atom stereocenters. The number of likely N-dealkylation sites (tertiary alicyclic amines) is 1. The van der Waals surface area contributed by atoms with Crippen molar-refractivity contribution in [1.82, 2.24) is 10.2 Å². The van der Waals surface area contributed by atoms with Crippen molar-refractivity contribution in [3.05, 3.63) is 22.4 Å². The third-order valence-corrected chi connectivity index (χ3v) is 4.55. The van der Waals surface area contributed by atoms with Crippen molar-refractivity contribution in [2.24, 2.45) is 5.92 Å². The summed E-state index contributed by atoms with van der Waals surface area (Å²) in [5.41, 5.74) is 0. The van der Waals surface area contributed by atoms with Crippen LogP contribution in [0, 0.1) is 5.92 Å². The SMILES string of the molecule is CCN1CCC(CNC(C)c2cccs2)C1. The minimum atomic E-state index is 0.510. The van der Waals surface area contributed by atoms with Crippen LogP contribution in [-0.4, -0.2) is 31.1 Å². The zero-order valence-corrected chi connectivity index (χ0v) is 11.1. The average molecular weight is 238 g/mol. The van der Waals surface area contributed by atoms with E-state index in [9.17, 15) is 0 Å². The second-order valence-corrected chi connectivity index (χ2v) is 5.67. The van der Waals surface area contributed by atoms with Crippen molar-refractivity contribution < 1.29 is 0 Å². The molecule has 0 aliphatic carbocycles. The van der Waals surface area contributed by atoms with Gasteiger partial charge in [-0.05, 0) is 50.3 Å². The fraction of sp³-hybridized carbons (Fsp3) is 0.692. The second-order valence-electron chi connectivity index (χ2n) is 4.69. The maximum atomic E-state index is 3.66. The van der Waals surface area contributed by atoms with Gasteiger partial charge in [0.15, 0.2) is 0 Å². The summed E-state index contributed by atoms with van der Waals surface area (Å²) in [7, 11) is 0. The third-order valence-electron chi connectivity index (χ3n) is 3.50. The van der Waals surface area contributed by atoms with Crippen LogP contribution in [0.2, 0.25) is 0 Å². The smallest absolute Gasteiger partial charge is 0.0386 e. The van der Waals surface area contributed by atoms with Gasteiger partial charge in [-0.25, -0.2) is 0 Å². The quantitative estimate of drug-likeness (QED) is 0.848. The summed E-state index contributed by atoms with van der Waals surface area (Å²) in [5.74, 6) is 0.849. The third kappa shape index (κ3) is 3.06. The molecule has 0 bridgehead atoms. The maximum Gasteiger partial charge on any atom is 0.0386 e. The molecule has 1 aliphatic heterocycles. The van der Waals surface area contributed by atoms with E-state index in [-0.39, 0.29) is 0 Å². The van der Waals surface area contributed by atoms with Gasteiger partial charge < -0.3 is 10.2 Å². The molecule has 3 heteroatoms. The van der Waals surface area contributed by atoms with E-state index < -0.39 is 0 Å². The fourth-order valence-electron chi connectivity index (χ4n) is 2.35. The number of thiophene rings is 1. The summed E-state index contributed by atoms with van der Waals surface area (Å²) in [6.45, 7) is 9.45. The lowest BCUT2D eigenvalue weighted by Crippen LogP contribution is -2.28. The van der Waals surface area contributed by atoms with Crippen LogP contribution in [0.3, 0.4) is 0 Å². The summed E-state index contributed by atoms with van der Waals surface area (Å²) in [6.07, 6.45) is 1.36. The molecular formula is C13H22N2S. The number of nitrogens with zero attached hydrogens (tertiary/aromatic N) is 1. The molecule has 2 rings (SSSR count). The maximum absolute atomic E-state index is 3.66. The highest BCUT2D eigenvalue weighted by molar-refractivity contribution is 7.10. The number of hydrogen-bond donors (Lipinski definition) is 1. The van der Waals surface area contributed by atoms with Crippen molar-refractivity contribution in [3.63, 3.8) is 0 Å². The summed E-state index contributed by atoms with van der Waals surface area (Å²) in [5, 5.41) is 5.81. The molecule has 1 aliphatic rings. The first-order valence-corrected chi connectivity index (χ1v) is 7.16. The highest BCUT2D eigenvalue weighted by Gasteiger charge is 2.21. The molecule has 2 unspecified atom stereocenters. The van der Waals surface area contributed by atoms with Gasteiger partial charge in [0.2, 0.25) is 0 Å². The molecule has 0 saturated carbocycles. The van der Waals surface area contributed by atoms with Gasteiger partial charge in [0.25, 0.3) is 0 Å². The van der Waals surface area contributed by atoms with E-state index >= 15 is 0 Å². The Hall–Kier alpha value is -0.380. The molecule has 0 aromatic carbocycles. The summed E-state index contributed by atoms with van der Waals surface area (Å²) < 4.78 is 0. The van der Waals surface area contributed by atoms with Crippen LogP contribution in [0.5, 0.6) is 0 Å². The molecule has 0 radical (unpaired) electrons. The molecule has 0 spiro atoms. The Kier molecular flexibility index (Phi) is 4.38. The standard InChI is InChI=1S/C13H22N2S/c1-3-15-7-6-12(10-15)9-14-11(2)13-5-4-8-16-13/h4-5,8,11-12,14H,3,6-7,9-10H2,1-2H3. The summed E-state index contributed by atoms with van der Waals surface area (Å²) >= 11 is 1.85. The topological polar surface area (TPSA) is 15.3 Å². The minimum absolute atomic E-state index is 0.510. The first kappa shape index (κ1) is 12.1. The van der Waals surface area contributed by atoms with E-state index in [0.29, 0.717) is 6.04 Å². The fourth-order valence-corrected chi connectivity index (χ4v) is 3.11. The number of nitrogens with one attached hydrogen (secondary N) is 1. The molecule has 2 nitrogen and oxygen atoms in total. The van der Waals surface area contributed by atoms with Crippen LogP contribution >= 0.6 is 11.3 Å². The Morgan fingerprint density at radius 2 is 2.50 bits per heavy atom. The largest absolute Gasteiger partial charge is 0.309 e. The Morgan fingerprint density at radius 3 is 3.12 bits per heavy atom. The van der Waals surface area contributed by atoms with Gasteiger partial charge in [0.05, 0.1) is 0 Å². The lowest BCUT2D eigenvalue weighted by molar-refractivity contribution is 0.336. The van der Waals surface area contributed by atoms with Gasteiger partial charge in [-0.1, -0.05) is 13.0 Å². The molecule has 1 saturated heterocycles. The predicted octanol–water partition coefficient (Wildman–Crippen LogP) is 2.74. The van der Waals surface area contributed by atoms with Gasteiger partial charge in [-0.2, -0.15) is 0 Å². The number of hydrogen-bond acceptors (Lipinski definition) is 3. The van der Waals surface area contributed by atoms with Crippen molar-refractivity contribution in [2.75, 3.05) is 26.2 Å². The first-order valence-electron chi connectivity index (χ1n) is 6.28. The number of rotatable bonds is 5. The van der Waals surface area contributed by atoms with Crippen LogP contribution in [-0.2, 0) is 0 Å². The monoisotopic (exact) mass is 238 g/mol. The van der Waals surface area contributed by atoms with E-state index in [2.05, 4.69) is 41.6 Å². The van der Waals surface area contributed by atoms with E-state index in [0.717, 1.165) is 12.5 Å². The summed E-state index contributed by atoms with van der Waals surface area (Å²) in [6, 6.07) is 4.86. The zero-order valence-electron chi connectivity index (χ0n) is 10.3. The molecule has 1 fully saturated rings. The Morgan fingerprint density at radius 1 is 1.62 bits per heavy atom. The van der Waals surface area contributed by atoms with Gasteiger partial charge in [-0.3, -0.25) is 0 Å². The minimum Gasteiger partial charge on any atom is -0.309 e. The van der Waals surface area contributed by atoms with E-state index in [4.69, 9.17) is 0 Å². The van der Waals surface area contributed by atoms with Crippen molar-refractivity contribution in [3.8, 4) is 0 Å². The molecule has 1 aromatic rings. The zero-order chi connectivity index (χ0) is 11.4. The van der Waals surface area contributed by atoms with Gasteiger partial charge in [0, 0.05) is 17.5 Å². The van der Waals surface area contributed by atoms with Crippen molar-refractivity contribution >= 4 is 11.3 Å². The molecule has 1 N–H and O–H groups in total. The second kappa shape index (κ2) is 5.80. The van der Waals surface area contributed by atoms with E-state index in [1.54, 1.807) is 0 Å². The van der Waals surface area contributed by atoms with Gasteiger partial charge in [-0.15, -0.1) is 11.3 Å². The Balaban J connectivity index is 1.72. The predicted molar refractivity (Wildman–Crippen MR) is 71.0 cm³/mol. The average Bonchev–Trinajstić information content (AvgIpc) is 2.96. The van der Waals surface area contributed by atoms with Crippen LogP contribution < -0.4 is 5.32 Å².